The number of hydrogen-bond acceptors (Lipinski definition) is 6. The quantitative estimate of drug-likeness (QED) is 0.618. The van der Waals surface area contributed by atoms with E-state index in [9.17, 15) is 10.0 Å². The highest BCUT2D eigenvalue weighted by molar-refractivity contribution is 6.63. The van der Waals surface area contributed by atoms with Crippen LogP contribution in [-0.2, 0) is 0 Å². The molecular formula is C15H18BClN4O2. The van der Waals surface area contributed by atoms with Crippen molar-refractivity contribution in [1.29, 1.82) is 0 Å². The van der Waals surface area contributed by atoms with E-state index in [1.165, 1.54) is 6.33 Å². The maximum absolute atomic E-state index is 9.37. The fraction of sp³-hybridized carbons (Fsp3) is 0.333. The lowest BCUT2D eigenvalue weighted by molar-refractivity contribution is 0.284. The highest BCUT2D eigenvalue weighted by Crippen LogP contribution is 2.26. The topological polar surface area (TPSA) is 72.7 Å². The lowest BCUT2D eigenvalue weighted by Crippen LogP contribution is -2.46. The number of aromatic nitrogens is 2. The van der Waals surface area contributed by atoms with Gasteiger partial charge in [0.25, 0.3) is 0 Å². The zero-order chi connectivity index (χ0) is 16.4. The van der Waals surface area contributed by atoms with Crippen LogP contribution in [0, 0.1) is 0 Å². The molecule has 1 aromatic heterocycles. The van der Waals surface area contributed by atoms with E-state index in [0.717, 1.165) is 43.9 Å². The smallest absolute Gasteiger partial charge is 0.423 e. The van der Waals surface area contributed by atoms with Gasteiger partial charge in [-0.15, -0.1) is 6.58 Å². The number of hydrogen-bond donors (Lipinski definition) is 2. The Hall–Kier alpha value is -1.67. The molecule has 3 rings (SSSR count). The first-order valence-electron chi connectivity index (χ1n) is 7.48. The second-order valence-corrected chi connectivity index (χ2v) is 5.95. The minimum Gasteiger partial charge on any atom is -0.423 e. The zero-order valence-electron chi connectivity index (χ0n) is 12.7. The van der Waals surface area contributed by atoms with E-state index in [2.05, 4.69) is 26.3 Å². The lowest BCUT2D eigenvalue weighted by atomic mass is 9.80. The monoisotopic (exact) mass is 332 g/mol. The van der Waals surface area contributed by atoms with Gasteiger partial charge in [0.2, 0.25) is 0 Å². The van der Waals surface area contributed by atoms with Crippen molar-refractivity contribution in [2.24, 2.45) is 0 Å². The van der Waals surface area contributed by atoms with Crippen molar-refractivity contribution in [3.63, 3.8) is 0 Å². The highest BCUT2D eigenvalue weighted by Gasteiger charge is 2.22. The van der Waals surface area contributed by atoms with Gasteiger partial charge in [0, 0.05) is 48.6 Å². The maximum Gasteiger partial charge on any atom is 0.490 e. The van der Waals surface area contributed by atoms with Gasteiger partial charge in [0.15, 0.2) is 0 Å². The number of benzene rings is 1. The number of fused-ring (bicyclic) bond motifs is 1. The van der Waals surface area contributed by atoms with E-state index in [-0.39, 0.29) is 5.46 Å². The van der Waals surface area contributed by atoms with Crippen LogP contribution in [0.2, 0.25) is 5.02 Å². The molecule has 1 saturated heterocycles. The standard InChI is InChI=1S/C15H18BClN4O2/c1-2-3-20-4-6-21(7-5-20)15-11-8-13(17)12(16(22)23)9-14(11)18-10-19-15/h2,8-10,22-23H,1,3-7H2. The Morgan fingerprint density at radius 3 is 2.61 bits per heavy atom. The Kier molecular flexibility index (Phi) is 4.82. The summed E-state index contributed by atoms with van der Waals surface area (Å²) in [5.74, 6) is 0.828. The first-order chi connectivity index (χ1) is 11.1. The summed E-state index contributed by atoms with van der Waals surface area (Å²) in [4.78, 5) is 13.2. The first kappa shape index (κ1) is 16.2. The molecule has 2 heterocycles. The van der Waals surface area contributed by atoms with Crippen LogP contribution in [0.4, 0.5) is 5.82 Å². The molecule has 0 aliphatic carbocycles. The van der Waals surface area contributed by atoms with Gasteiger partial charge < -0.3 is 14.9 Å². The minimum atomic E-state index is -1.62. The third-order valence-corrected chi connectivity index (χ3v) is 4.40. The number of piperazine rings is 1. The van der Waals surface area contributed by atoms with Crippen LogP contribution in [0.15, 0.2) is 31.1 Å². The molecule has 0 atom stereocenters. The summed E-state index contributed by atoms with van der Waals surface area (Å²) in [5, 5.41) is 19.8. The van der Waals surface area contributed by atoms with Crippen molar-refractivity contribution in [2.45, 2.75) is 0 Å². The van der Waals surface area contributed by atoms with Crippen molar-refractivity contribution in [3.8, 4) is 0 Å². The van der Waals surface area contributed by atoms with Gasteiger partial charge in [0.05, 0.1) is 5.52 Å². The molecule has 120 valence electrons. The normalized spacial score (nSPS) is 15.9. The van der Waals surface area contributed by atoms with Crippen LogP contribution in [0.1, 0.15) is 0 Å². The van der Waals surface area contributed by atoms with E-state index in [1.807, 2.05) is 6.08 Å². The first-order valence-corrected chi connectivity index (χ1v) is 7.86. The van der Waals surface area contributed by atoms with Crippen LogP contribution in [0.25, 0.3) is 10.9 Å². The Bertz CT molecular complexity index is 720. The van der Waals surface area contributed by atoms with E-state index in [4.69, 9.17) is 11.6 Å². The minimum absolute atomic E-state index is 0.250. The second-order valence-electron chi connectivity index (χ2n) is 5.54. The van der Waals surface area contributed by atoms with Gasteiger partial charge in [-0.2, -0.15) is 0 Å². The molecule has 0 saturated carbocycles. The summed E-state index contributed by atoms with van der Waals surface area (Å²) in [6.07, 6.45) is 3.41. The van der Waals surface area contributed by atoms with E-state index >= 15 is 0 Å². The molecular weight excluding hydrogens is 314 g/mol. The summed E-state index contributed by atoms with van der Waals surface area (Å²) in [6, 6.07) is 3.30. The van der Waals surface area contributed by atoms with Gasteiger partial charge in [-0.1, -0.05) is 17.7 Å². The number of rotatable bonds is 4. The summed E-state index contributed by atoms with van der Waals surface area (Å²) < 4.78 is 0. The molecule has 8 heteroatoms. The average Bonchev–Trinajstić information content (AvgIpc) is 2.54. The molecule has 0 bridgehead atoms. The van der Waals surface area contributed by atoms with E-state index in [1.54, 1.807) is 12.1 Å². The number of anilines is 1. The second kappa shape index (κ2) is 6.84. The fourth-order valence-electron chi connectivity index (χ4n) is 2.85. The fourth-order valence-corrected chi connectivity index (χ4v) is 3.12. The Balaban J connectivity index is 1.93. The Morgan fingerprint density at radius 2 is 1.96 bits per heavy atom. The van der Waals surface area contributed by atoms with Crippen molar-refractivity contribution in [1.82, 2.24) is 14.9 Å². The van der Waals surface area contributed by atoms with Crippen LogP contribution >= 0.6 is 11.6 Å². The Morgan fingerprint density at radius 1 is 1.22 bits per heavy atom. The summed E-state index contributed by atoms with van der Waals surface area (Å²) >= 11 is 6.16. The van der Waals surface area contributed by atoms with Gasteiger partial charge in [-0.3, -0.25) is 4.90 Å². The van der Waals surface area contributed by atoms with Crippen molar-refractivity contribution < 1.29 is 10.0 Å². The molecule has 2 N–H and O–H groups in total. The molecule has 1 aliphatic heterocycles. The molecule has 0 spiro atoms. The predicted molar refractivity (Wildman–Crippen MR) is 93.2 cm³/mol. The summed E-state index contributed by atoms with van der Waals surface area (Å²) in [5.41, 5.74) is 0.899. The molecule has 23 heavy (non-hydrogen) atoms. The molecule has 1 fully saturated rings. The molecule has 2 aromatic rings. The van der Waals surface area contributed by atoms with Crippen molar-refractivity contribution in [2.75, 3.05) is 37.6 Å². The molecule has 0 radical (unpaired) electrons. The summed E-state index contributed by atoms with van der Waals surface area (Å²) in [6.45, 7) is 8.28. The van der Waals surface area contributed by atoms with Crippen molar-refractivity contribution in [3.05, 3.63) is 36.1 Å². The van der Waals surface area contributed by atoms with E-state index in [0.29, 0.717) is 10.5 Å². The van der Waals surface area contributed by atoms with Crippen LogP contribution in [-0.4, -0.2) is 64.8 Å². The van der Waals surface area contributed by atoms with Gasteiger partial charge in [0.1, 0.15) is 12.1 Å². The largest absolute Gasteiger partial charge is 0.490 e. The third-order valence-electron chi connectivity index (χ3n) is 4.07. The predicted octanol–water partition coefficient (Wildman–Crippen LogP) is 0.271. The average molecular weight is 333 g/mol. The highest BCUT2D eigenvalue weighted by atomic mass is 35.5. The lowest BCUT2D eigenvalue weighted by Gasteiger charge is -2.35. The Labute approximate surface area is 140 Å². The van der Waals surface area contributed by atoms with Gasteiger partial charge in [-0.25, -0.2) is 9.97 Å². The van der Waals surface area contributed by atoms with Gasteiger partial charge in [-0.05, 0) is 12.1 Å². The maximum atomic E-state index is 9.37. The molecule has 1 aliphatic rings. The van der Waals surface area contributed by atoms with Gasteiger partial charge >= 0.3 is 7.12 Å². The third kappa shape index (κ3) is 3.33. The molecule has 0 amide bonds. The van der Waals surface area contributed by atoms with Crippen LogP contribution in [0.3, 0.4) is 0 Å². The molecule has 1 aromatic carbocycles. The van der Waals surface area contributed by atoms with E-state index < -0.39 is 7.12 Å². The zero-order valence-corrected chi connectivity index (χ0v) is 13.4. The van der Waals surface area contributed by atoms with Crippen LogP contribution < -0.4 is 10.4 Å². The van der Waals surface area contributed by atoms with Crippen molar-refractivity contribution >= 4 is 40.9 Å². The molecule has 0 unspecified atom stereocenters. The molecule has 6 nitrogen and oxygen atoms in total. The number of halogens is 1. The number of nitrogens with zero attached hydrogens (tertiary/aromatic N) is 4. The SMILES string of the molecule is C=CCN1CCN(c2ncnc3cc(B(O)O)c(Cl)cc23)CC1. The van der Waals surface area contributed by atoms with Crippen LogP contribution in [0.5, 0.6) is 0 Å². The summed E-state index contributed by atoms with van der Waals surface area (Å²) in [7, 11) is -1.62.